The number of fused-ring (bicyclic) bond motifs is 1. The number of aromatic amines is 1. The van der Waals surface area contributed by atoms with Gasteiger partial charge < -0.3 is 0 Å². The topological polar surface area (TPSA) is 125 Å². The Labute approximate surface area is 160 Å². The summed E-state index contributed by atoms with van der Waals surface area (Å²) in [6.07, 6.45) is 1.44. The van der Waals surface area contributed by atoms with Crippen molar-refractivity contribution in [1.82, 2.24) is 15.2 Å². The number of anilines is 2. The van der Waals surface area contributed by atoms with E-state index in [1.165, 1.54) is 24.4 Å². The van der Waals surface area contributed by atoms with E-state index in [9.17, 15) is 18.0 Å². The van der Waals surface area contributed by atoms with E-state index in [4.69, 9.17) is 0 Å². The molecule has 2 amide bonds. The van der Waals surface area contributed by atoms with Crippen LogP contribution in [0.5, 0.6) is 0 Å². The summed E-state index contributed by atoms with van der Waals surface area (Å²) in [4.78, 5) is 30.2. The molecular weight excluding hydrogens is 382 g/mol. The molecule has 10 heteroatoms. The van der Waals surface area contributed by atoms with Crippen LogP contribution >= 0.6 is 0 Å². The van der Waals surface area contributed by atoms with Gasteiger partial charge in [-0.15, -0.1) is 0 Å². The lowest BCUT2D eigenvalue weighted by molar-refractivity contribution is 0.0924. The first-order chi connectivity index (χ1) is 13.3. The van der Waals surface area contributed by atoms with Gasteiger partial charge in [0.25, 0.3) is 21.8 Å². The number of carbonyl (C=O) groups is 2. The highest BCUT2D eigenvalue weighted by Crippen LogP contribution is 2.29. The van der Waals surface area contributed by atoms with E-state index >= 15 is 0 Å². The molecular formula is C18H15N5O4S. The van der Waals surface area contributed by atoms with E-state index < -0.39 is 21.8 Å². The van der Waals surface area contributed by atoms with Crippen LogP contribution in [0.1, 0.15) is 32.2 Å². The van der Waals surface area contributed by atoms with Gasteiger partial charge in [0.2, 0.25) is 0 Å². The maximum absolute atomic E-state index is 12.7. The number of imide groups is 1. The summed E-state index contributed by atoms with van der Waals surface area (Å²) in [7, 11) is -3.90. The first-order valence-corrected chi connectivity index (χ1v) is 9.76. The van der Waals surface area contributed by atoms with Crippen LogP contribution in [0.2, 0.25) is 0 Å². The highest BCUT2D eigenvalue weighted by Gasteiger charge is 2.37. The molecule has 28 heavy (non-hydrogen) atoms. The number of H-pyrrole nitrogens is 1. The molecule has 0 aliphatic carbocycles. The minimum Gasteiger partial charge on any atom is -0.281 e. The van der Waals surface area contributed by atoms with Crippen molar-refractivity contribution in [2.24, 2.45) is 0 Å². The fourth-order valence-electron chi connectivity index (χ4n) is 3.15. The van der Waals surface area contributed by atoms with Crippen molar-refractivity contribution >= 4 is 33.2 Å². The molecule has 4 rings (SSSR count). The molecule has 2 N–H and O–H groups in total. The maximum atomic E-state index is 12.7. The second-order valence-corrected chi connectivity index (χ2v) is 7.88. The number of carbonyl (C=O) groups excluding carboxylic acids is 2. The van der Waals surface area contributed by atoms with Gasteiger partial charge in [0.1, 0.15) is 10.6 Å². The van der Waals surface area contributed by atoms with Crippen molar-refractivity contribution in [1.29, 1.82) is 0 Å². The Kier molecular flexibility index (Phi) is 4.00. The standard InChI is InChI=1S/C18H15N5O4S/c1-10-16(11(2)21-20-10)28(26,27)22-12-5-3-6-13(9-12)23-17(24)14-7-4-8-19-15(14)18(23)25/h3-9,22H,1-2H3,(H,20,21). The summed E-state index contributed by atoms with van der Waals surface area (Å²) in [6, 6.07) is 9.16. The molecule has 142 valence electrons. The molecule has 0 unspecified atom stereocenters. The van der Waals surface area contributed by atoms with E-state index in [0.717, 1.165) is 4.90 Å². The smallest absolute Gasteiger partial charge is 0.281 e. The number of nitrogens with zero attached hydrogens (tertiary/aromatic N) is 3. The molecule has 3 aromatic rings. The number of nitrogens with one attached hydrogen (secondary N) is 2. The Morgan fingerprint density at radius 2 is 1.86 bits per heavy atom. The monoisotopic (exact) mass is 397 g/mol. The first-order valence-electron chi connectivity index (χ1n) is 8.28. The number of aromatic nitrogens is 3. The van der Waals surface area contributed by atoms with Gasteiger partial charge in [-0.3, -0.25) is 24.4 Å². The van der Waals surface area contributed by atoms with E-state index in [-0.39, 0.29) is 27.5 Å². The van der Waals surface area contributed by atoms with Crippen molar-refractivity contribution in [3.63, 3.8) is 0 Å². The predicted molar refractivity (Wildman–Crippen MR) is 101 cm³/mol. The molecule has 1 aliphatic heterocycles. The van der Waals surface area contributed by atoms with E-state index in [1.54, 1.807) is 32.0 Å². The number of benzene rings is 1. The molecule has 0 radical (unpaired) electrons. The molecule has 2 aromatic heterocycles. The Balaban J connectivity index is 1.68. The zero-order chi connectivity index (χ0) is 20.1. The lowest BCUT2D eigenvalue weighted by Crippen LogP contribution is -2.29. The fourth-order valence-corrected chi connectivity index (χ4v) is 4.58. The third-order valence-electron chi connectivity index (χ3n) is 4.33. The number of pyridine rings is 1. The normalized spacial score (nSPS) is 13.7. The van der Waals surface area contributed by atoms with Gasteiger partial charge in [-0.25, -0.2) is 13.3 Å². The van der Waals surface area contributed by atoms with Crippen LogP contribution in [0.25, 0.3) is 0 Å². The quantitative estimate of drug-likeness (QED) is 0.649. The number of amides is 2. The van der Waals surface area contributed by atoms with Crippen molar-refractivity contribution < 1.29 is 18.0 Å². The largest absolute Gasteiger partial charge is 0.284 e. The molecule has 0 atom stereocenters. The number of hydrogen-bond donors (Lipinski definition) is 2. The van der Waals surface area contributed by atoms with Crippen LogP contribution in [-0.2, 0) is 10.0 Å². The molecule has 0 spiro atoms. The van der Waals surface area contributed by atoms with Gasteiger partial charge in [-0.05, 0) is 44.2 Å². The third kappa shape index (κ3) is 2.74. The SMILES string of the molecule is Cc1n[nH]c(C)c1S(=O)(=O)Nc1cccc(N2C(=O)c3cccnc3C2=O)c1. The number of sulfonamides is 1. The van der Waals surface area contributed by atoms with Gasteiger partial charge in [0.05, 0.1) is 28.3 Å². The minimum absolute atomic E-state index is 0.0582. The van der Waals surface area contributed by atoms with Gasteiger partial charge in [-0.1, -0.05) is 6.07 Å². The maximum Gasteiger partial charge on any atom is 0.284 e. The predicted octanol–water partition coefficient (Wildman–Crippen LogP) is 2.02. The lowest BCUT2D eigenvalue weighted by atomic mass is 10.2. The zero-order valence-corrected chi connectivity index (χ0v) is 15.7. The Bertz CT molecular complexity index is 1180. The molecule has 3 heterocycles. The van der Waals surface area contributed by atoms with Crippen molar-refractivity contribution in [3.05, 3.63) is 65.2 Å². The van der Waals surface area contributed by atoms with E-state index in [0.29, 0.717) is 11.4 Å². The summed E-state index contributed by atoms with van der Waals surface area (Å²) in [6.45, 7) is 3.19. The number of aryl methyl sites for hydroxylation is 2. The second kappa shape index (κ2) is 6.27. The van der Waals surface area contributed by atoms with Gasteiger partial charge in [0, 0.05) is 6.20 Å². The lowest BCUT2D eigenvalue weighted by Gasteiger charge is -2.15. The summed E-state index contributed by atoms with van der Waals surface area (Å²) >= 11 is 0. The molecule has 9 nitrogen and oxygen atoms in total. The van der Waals surface area contributed by atoms with E-state index in [1.807, 2.05) is 0 Å². The van der Waals surface area contributed by atoms with Crippen molar-refractivity contribution in [2.45, 2.75) is 18.7 Å². The van der Waals surface area contributed by atoms with E-state index in [2.05, 4.69) is 19.9 Å². The van der Waals surface area contributed by atoms with Crippen molar-refractivity contribution in [3.8, 4) is 0 Å². The third-order valence-corrected chi connectivity index (χ3v) is 5.98. The molecule has 0 bridgehead atoms. The summed E-state index contributed by atoms with van der Waals surface area (Å²) in [5.74, 6) is -1.06. The highest BCUT2D eigenvalue weighted by atomic mass is 32.2. The van der Waals surface area contributed by atoms with Crippen LogP contribution in [-0.4, -0.2) is 35.4 Å². The molecule has 0 saturated heterocycles. The van der Waals surface area contributed by atoms with Gasteiger partial charge >= 0.3 is 0 Å². The second-order valence-electron chi connectivity index (χ2n) is 6.26. The van der Waals surface area contributed by atoms with Gasteiger partial charge in [-0.2, -0.15) is 5.10 Å². The highest BCUT2D eigenvalue weighted by molar-refractivity contribution is 7.92. The molecule has 1 aromatic carbocycles. The summed E-state index contributed by atoms with van der Waals surface area (Å²) in [5.41, 5.74) is 1.49. The minimum atomic E-state index is -3.90. The van der Waals surface area contributed by atoms with Crippen LogP contribution in [0.4, 0.5) is 11.4 Å². The summed E-state index contributed by atoms with van der Waals surface area (Å²) in [5, 5.41) is 6.53. The molecule has 0 saturated carbocycles. The Morgan fingerprint density at radius 1 is 1.07 bits per heavy atom. The average Bonchev–Trinajstić information content (AvgIpc) is 3.12. The van der Waals surface area contributed by atoms with Crippen LogP contribution < -0.4 is 9.62 Å². The van der Waals surface area contributed by atoms with Crippen LogP contribution in [0.3, 0.4) is 0 Å². The fraction of sp³-hybridized carbons (Fsp3) is 0.111. The Morgan fingerprint density at radius 3 is 2.54 bits per heavy atom. The zero-order valence-electron chi connectivity index (χ0n) is 14.9. The van der Waals surface area contributed by atoms with Crippen molar-refractivity contribution in [2.75, 3.05) is 9.62 Å². The van der Waals surface area contributed by atoms with Gasteiger partial charge in [0.15, 0.2) is 0 Å². The van der Waals surface area contributed by atoms with Crippen LogP contribution in [0, 0.1) is 13.8 Å². The van der Waals surface area contributed by atoms with Crippen LogP contribution in [0.15, 0.2) is 47.5 Å². The summed E-state index contributed by atoms with van der Waals surface area (Å²) < 4.78 is 27.9. The first kappa shape index (κ1) is 17.9. The Hall–Kier alpha value is -3.53. The molecule has 1 aliphatic rings. The number of rotatable bonds is 4. The number of hydrogen-bond acceptors (Lipinski definition) is 6. The average molecular weight is 397 g/mol. The molecule has 0 fully saturated rings.